The highest BCUT2D eigenvalue weighted by Crippen LogP contribution is 2.33. The maximum Gasteiger partial charge on any atom is 0.264 e. The molecule has 0 aliphatic rings. The van der Waals surface area contributed by atoms with Crippen LogP contribution in [0.3, 0.4) is 0 Å². The molecule has 0 bridgehead atoms. The maximum absolute atomic E-state index is 15.0. The van der Waals surface area contributed by atoms with Crippen molar-refractivity contribution in [3.63, 3.8) is 0 Å². The van der Waals surface area contributed by atoms with Gasteiger partial charge in [0.15, 0.2) is 0 Å². The van der Waals surface area contributed by atoms with Gasteiger partial charge in [-0.15, -0.1) is 0 Å². The number of anilines is 1. The Hall–Kier alpha value is -3.92. The molecule has 0 radical (unpaired) electrons. The summed E-state index contributed by atoms with van der Waals surface area (Å²) in [6.07, 6.45) is 0.765. The second-order valence-electron chi connectivity index (χ2n) is 10.0. The number of benzene rings is 4. The van der Waals surface area contributed by atoms with Crippen molar-refractivity contribution in [2.45, 2.75) is 37.2 Å². The quantitative estimate of drug-likeness (QED) is 0.178. The molecule has 4 rings (SSSR count). The van der Waals surface area contributed by atoms with E-state index in [1.807, 2.05) is 37.3 Å². The van der Waals surface area contributed by atoms with Crippen molar-refractivity contribution in [2.24, 2.45) is 0 Å². The predicted molar refractivity (Wildman–Crippen MR) is 172 cm³/mol. The summed E-state index contributed by atoms with van der Waals surface area (Å²) in [5.41, 5.74) is 0.917. The number of sulfonamides is 1. The number of carbonyl (C=O) groups is 2. The van der Waals surface area contributed by atoms with Crippen molar-refractivity contribution in [2.75, 3.05) is 17.4 Å². The average molecular weight is 657 g/mol. The molecular weight excluding hydrogens is 624 g/mol. The summed E-state index contributed by atoms with van der Waals surface area (Å²) in [6.45, 7) is 1.23. The Kier molecular flexibility index (Phi) is 11.4. The van der Waals surface area contributed by atoms with Gasteiger partial charge in [0.05, 0.1) is 15.6 Å². The fourth-order valence-electron chi connectivity index (χ4n) is 4.64. The van der Waals surface area contributed by atoms with Gasteiger partial charge in [-0.2, -0.15) is 0 Å². The number of nitrogens with zero attached hydrogens (tertiary/aromatic N) is 2. The van der Waals surface area contributed by atoms with Crippen LogP contribution >= 0.6 is 23.2 Å². The van der Waals surface area contributed by atoms with Gasteiger partial charge >= 0.3 is 0 Å². The molecule has 230 valence electrons. The molecular formula is C33H32Cl2FN3O4S. The Morgan fingerprint density at radius 3 is 2.18 bits per heavy atom. The first-order valence-corrected chi connectivity index (χ1v) is 16.2. The molecule has 0 saturated heterocycles. The molecule has 1 unspecified atom stereocenters. The van der Waals surface area contributed by atoms with Crippen molar-refractivity contribution >= 4 is 50.7 Å². The minimum atomic E-state index is -4.35. The van der Waals surface area contributed by atoms with E-state index < -0.39 is 40.2 Å². The average Bonchev–Trinajstić information content (AvgIpc) is 3.03. The maximum atomic E-state index is 15.0. The number of hydrogen-bond donors (Lipinski definition) is 1. The molecule has 0 aliphatic carbocycles. The van der Waals surface area contributed by atoms with Gasteiger partial charge in [-0.25, -0.2) is 12.8 Å². The first kappa shape index (κ1) is 33.0. The van der Waals surface area contributed by atoms with Crippen LogP contribution in [-0.4, -0.2) is 44.3 Å². The summed E-state index contributed by atoms with van der Waals surface area (Å²) in [6, 6.07) is 25.8. The summed E-state index contributed by atoms with van der Waals surface area (Å²) in [7, 11) is -4.35. The van der Waals surface area contributed by atoms with E-state index in [9.17, 15) is 22.4 Å². The number of hydrogen-bond acceptors (Lipinski definition) is 4. The normalized spacial score (nSPS) is 11.9. The summed E-state index contributed by atoms with van der Waals surface area (Å²) < 4.78 is 43.9. The van der Waals surface area contributed by atoms with Crippen molar-refractivity contribution in [3.05, 3.63) is 130 Å². The van der Waals surface area contributed by atoms with Crippen LogP contribution in [-0.2, 0) is 32.6 Å². The molecule has 4 aromatic carbocycles. The zero-order valence-corrected chi connectivity index (χ0v) is 26.3. The van der Waals surface area contributed by atoms with Crippen LogP contribution < -0.4 is 9.62 Å². The molecule has 4 aromatic rings. The van der Waals surface area contributed by atoms with Crippen molar-refractivity contribution < 1.29 is 22.4 Å². The number of nitrogens with one attached hydrogen (secondary N) is 1. The van der Waals surface area contributed by atoms with E-state index in [1.165, 1.54) is 53.4 Å². The SMILES string of the molecule is CCCNC(=O)C(Cc1ccccc1)N(Cc1ccccc1F)C(=O)CN(c1cc(Cl)ccc1Cl)S(=O)(=O)c1ccccc1. The smallest absolute Gasteiger partial charge is 0.264 e. The third kappa shape index (κ3) is 8.16. The first-order valence-electron chi connectivity index (χ1n) is 14.0. The van der Waals surface area contributed by atoms with E-state index in [2.05, 4.69) is 5.32 Å². The highest BCUT2D eigenvalue weighted by atomic mass is 35.5. The van der Waals surface area contributed by atoms with Crippen LogP contribution in [0.15, 0.2) is 108 Å². The fourth-order valence-corrected chi connectivity index (χ4v) is 6.52. The Bertz CT molecular complexity index is 1690. The Morgan fingerprint density at radius 1 is 0.886 bits per heavy atom. The minimum Gasteiger partial charge on any atom is -0.354 e. The molecule has 2 amide bonds. The van der Waals surface area contributed by atoms with E-state index in [0.717, 1.165) is 9.87 Å². The van der Waals surface area contributed by atoms with Crippen molar-refractivity contribution in [1.29, 1.82) is 0 Å². The largest absolute Gasteiger partial charge is 0.354 e. The number of amides is 2. The van der Waals surface area contributed by atoms with Crippen LogP contribution in [0, 0.1) is 5.82 Å². The highest BCUT2D eigenvalue weighted by Gasteiger charge is 2.35. The second kappa shape index (κ2) is 15.2. The van der Waals surface area contributed by atoms with E-state index in [-0.39, 0.29) is 39.2 Å². The molecule has 0 spiro atoms. The molecule has 44 heavy (non-hydrogen) atoms. The zero-order valence-electron chi connectivity index (χ0n) is 24.0. The Labute approximate surface area is 267 Å². The van der Waals surface area contributed by atoms with Crippen molar-refractivity contribution in [3.8, 4) is 0 Å². The van der Waals surface area contributed by atoms with Gasteiger partial charge in [-0.05, 0) is 48.4 Å². The summed E-state index contributed by atoms with van der Waals surface area (Å²) >= 11 is 12.7. The third-order valence-electron chi connectivity index (χ3n) is 6.91. The molecule has 0 saturated carbocycles. The van der Waals surface area contributed by atoms with Gasteiger partial charge in [0, 0.05) is 30.1 Å². The monoisotopic (exact) mass is 655 g/mol. The Morgan fingerprint density at radius 2 is 1.52 bits per heavy atom. The molecule has 0 fully saturated rings. The summed E-state index contributed by atoms with van der Waals surface area (Å²) in [5.74, 6) is -1.75. The first-order chi connectivity index (χ1) is 21.1. The minimum absolute atomic E-state index is 0.0164. The lowest BCUT2D eigenvalue weighted by Gasteiger charge is -2.34. The Balaban J connectivity index is 1.83. The number of rotatable bonds is 13. The van der Waals surface area contributed by atoms with Gasteiger partial charge in [-0.1, -0.05) is 96.9 Å². The number of carbonyl (C=O) groups excluding carboxylic acids is 2. The lowest BCUT2D eigenvalue weighted by molar-refractivity contribution is -0.140. The van der Waals surface area contributed by atoms with Crippen LogP contribution in [0.25, 0.3) is 0 Å². The molecule has 0 heterocycles. The van der Waals surface area contributed by atoms with E-state index in [0.29, 0.717) is 13.0 Å². The van der Waals surface area contributed by atoms with Gasteiger partial charge in [-0.3, -0.25) is 13.9 Å². The number of halogens is 3. The van der Waals surface area contributed by atoms with Crippen LogP contribution in [0.2, 0.25) is 10.0 Å². The van der Waals surface area contributed by atoms with E-state index >= 15 is 0 Å². The van der Waals surface area contributed by atoms with E-state index in [1.54, 1.807) is 24.3 Å². The lowest BCUT2D eigenvalue weighted by atomic mass is 10.0. The lowest BCUT2D eigenvalue weighted by Crippen LogP contribution is -2.53. The molecule has 0 aliphatic heterocycles. The second-order valence-corrected chi connectivity index (χ2v) is 12.7. The summed E-state index contributed by atoms with van der Waals surface area (Å²) in [5, 5.41) is 3.10. The van der Waals surface area contributed by atoms with Gasteiger partial charge < -0.3 is 10.2 Å². The molecule has 1 atom stereocenters. The van der Waals surface area contributed by atoms with Crippen LogP contribution in [0.5, 0.6) is 0 Å². The molecule has 11 heteroatoms. The van der Waals surface area contributed by atoms with E-state index in [4.69, 9.17) is 23.2 Å². The topological polar surface area (TPSA) is 86.8 Å². The molecule has 7 nitrogen and oxygen atoms in total. The predicted octanol–water partition coefficient (Wildman–Crippen LogP) is 6.49. The fraction of sp³-hybridized carbons (Fsp3) is 0.212. The van der Waals surface area contributed by atoms with Crippen molar-refractivity contribution in [1.82, 2.24) is 10.2 Å². The van der Waals surface area contributed by atoms with Crippen LogP contribution in [0.4, 0.5) is 10.1 Å². The molecule has 1 N–H and O–H groups in total. The van der Waals surface area contributed by atoms with Gasteiger partial charge in [0.2, 0.25) is 11.8 Å². The van der Waals surface area contributed by atoms with Crippen LogP contribution in [0.1, 0.15) is 24.5 Å². The highest BCUT2D eigenvalue weighted by molar-refractivity contribution is 7.92. The molecule has 0 aromatic heterocycles. The van der Waals surface area contributed by atoms with Gasteiger partial charge in [0.1, 0.15) is 18.4 Å². The third-order valence-corrected chi connectivity index (χ3v) is 9.23. The summed E-state index contributed by atoms with van der Waals surface area (Å²) in [4.78, 5) is 29.1. The zero-order chi connectivity index (χ0) is 31.7. The standard InChI is InChI=1S/C33H32Cl2FN3O4S/c1-2-19-37-33(41)31(20-24-11-5-3-6-12-24)38(22-25-13-9-10-16-29(25)36)32(40)23-39(30-21-26(34)17-18-28(30)35)44(42,43)27-14-7-4-8-15-27/h3-18,21,31H,2,19-20,22-23H2,1H3,(H,37,41). The van der Waals surface area contributed by atoms with Gasteiger partial charge in [0.25, 0.3) is 10.0 Å².